The minimum atomic E-state index is 0.238. The van der Waals surface area contributed by atoms with Gasteiger partial charge in [-0.1, -0.05) is 48.5 Å². The molecule has 3 aromatic rings. The van der Waals surface area contributed by atoms with Gasteiger partial charge in [0, 0.05) is 11.1 Å². The van der Waals surface area contributed by atoms with Crippen molar-refractivity contribution in [1.29, 1.82) is 0 Å². The fraction of sp³-hybridized carbons (Fsp3) is 0.0526. The van der Waals surface area contributed by atoms with Gasteiger partial charge in [-0.3, -0.25) is 0 Å². The summed E-state index contributed by atoms with van der Waals surface area (Å²) in [5.41, 5.74) is 4.26. The number of aryl methyl sites for hydroxylation is 1. The first kappa shape index (κ1) is 14.0. The van der Waals surface area contributed by atoms with Crippen molar-refractivity contribution in [3.8, 4) is 16.9 Å². The Labute approximate surface area is 129 Å². The molecule has 0 spiro atoms. The summed E-state index contributed by atoms with van der Waals surface area (Å²) >= 11 is 0. The van der Waals surface area contributed by atoms with E-state index in [0.717, 1.165) is 28.1 Å². The van der Waals surface area contributed by atoms with E-state index in [0.29, 0.717) is 0 Å². The topological polar surface area (TPSA) is 45.0 Å². The zero-order valence-corrected chi connectivity index (χ0v) is 12.3. The van der Waals surface area contributed by atoms with Crippen molar-refractivity contribution in [3.05, 3.63) is 78.4 Å². The summed E-state index contributed by atoms with van der Waals surface area (Å²) in [7, 11) is 0. The molecule has 22 heavy (non-hydrogen) atoms. The number of aromatic hydroxyl groups is 1. The molecular weight excluding hydrogens is 272 g/mol. The van der Waals surface area contributed by atoms with E-state index in [4.69, 9.17) is 0 Å². The normalized spacial score (nSPS) is 11.0. The highest BCUT2D eigenvalue weighted by Crippen LogP contribution is 2.37. The number of hydrogen-bond acceptors (Lipinski definition) is 3. The summed E-state index contributed by atoms with van der Waals surface area (Å²) in [6, 6.07) is 22.8. The van der Waals surface area contributed by atoms with Crippen LogP contribution in [0.3, 0.4) is 0 Å². The van der Waals surface area contributed by atoms with Crippen LogP contribution in [-0.4, -0.2) is 5.11 Å². The number of phenolic OH excluding ortho intramolecular Hbond substituents is 1. The Morgan fingerprint density at radius 3 is 2.23 bits per heavy atom. The molecular formula is C19H16N2O. The Balaban J connectivity index is 2.06. The lowest BCUT2D eigenvalue weighted by molar-refractivity contribution is 0.477. The predicted octanol–water partition coefficient (Wildman–Crippen LogP) is 5.78. The van der Waals surface area contributed by atoms with Crippen LogP contribution in [0.15, 0.2) is 83.0 Å². The molecule has 1 N–H and O–H groups in total. The second kappa shape index (κ2) is 6.22. The fourth-order valence-corrected chi connectivity index (χ4v) is 2.26. The molecule has 0 aliphatic heterocycles. The second-order valence-corrected chi connectivity index (χ2v) is 5.07. The van der Waals surface area contributed by atoms with Gasteiger partial charge in [0.15, 0.2) is 0 Å². The van der Waals surface area contributed by atoms with Gasteiger partial charge in [-0.25, -0.2) is 0 Å². The van der Waals surface area contributed by atoms with E-state index >= 15 is 0 Å². The number of benzene rings is 3. The lowest BCUT2D eigenvalue weighted by Crippen LogP contribution is -1.81. The summed E-state index contributed by atoms with van der Waals surface area (Å²) in [5, 5.41) is 18.7. The summed E-state index contributed by atoms with van der Waals surface area (Å²) in [6.07, 6.45) is 0. The van der Waals surface area contributed by atoms with Crippen molar-refractivity contribution >= 4 is 11.4 Å². The van der Waals surface area contributed by atoms with E-state index in [9.17, 15) is 5.11 Å². The zero-order valence-electron chi connectivity index (χ0n) is 12.3. The molecule has 0 aliphatic carbocycles. The minimum Gasteiger partial charge on any atom is -0.507 e. The van der Waals surface area contributed by atoms with Crippen LogP contribution in [0, 0.1) is 6.92 Å². The van der Waals surface area contributed by atoms with Crippen LogP contribution in [-0.2, 0) is 0 Å². The maximum atomic E-state index is 10.1. The van der Waals surface area contributed by atoms with Crippen LogP contribution in [0.5, 0.6) is 5.75 Å². The summed E-state index contributed by atoms with van der Waals surface area (Å²) in [5.74, 6) is 0.238. The minimum absolute atomic E-state index is 0.238. The van der Waals surface area contributed by atoms with Gasteiger partial charge in [-0.2, -0.15) is 5.11 Å². The van der Waals surface area contributed by atoms with Crippen molar-refractivity contribution in [2.45, 2.75) is 6.92 Å². The third-order valence-electron chi connectivity index (χ3n) is 3.38. The molecule has 0 aliphatic rings. The average Bonchev–Trinajstić information content (AvgIpc) is 2.55. The Morgan fingerprint density at radius 1 is 0.727 bits per heavy atom. The van der Waals surface area contributed by atoms with Gasteiger partial charge in [0.1, 0.15) is 5.75 Å². The van der Waals surface area contributed by atoms with Crippen LogP contribution in [0.4, 0.5) is 11.4 Å². The Bertz CT molecular complexity index is 811. The first-order chi connectivity index (χ1) is 10.7. The maximum absolute atomic E-state index is 10.1. The van der Waals surface area contributed by atoms with E-state index < -0.39 is 0 Å². The molecule has 3 aromatic carbocycles. The van der Waals surface area contributed by atoms with Crippen LogP contribution in [0.1, 0.15) is 5.56 Å². The highest BCUT2D eigenvalue weighted by atomic mass is 16.3. The zero-order chi connectivity index (χ0) is 15.4. The van der Waals surface area contributed by atoms with E-state index in [1.54, 1.807) is 12.1 Å². The van der Waals surface area contributed by atoms with Crippen molar-refractivity contribution in [3.63, 3.8) is 0 Å². The molecule has 0 bridgehead atoms. The van der Waals surface area contributed by atoms with Gasteiger partial charge in [0.25, 0.3) is 0 Å². The van der Waals surface area contributed by atoms with Gasteiger partial charge in [-0.05, 0) is 36.8 Å². The highest BCUT2D eigenvalue weighted by molar-refractivity contribution is 5.80. The molecule has 0 atom stereocenters. The third kappa shape index (κ3) is 3.04. The SMILES string of the molecule is Cc1ccc(-c2ccccc2O)c(N=Nc2ccccc2)c1. The lowest BCUT2D eigenvalue weighted by Gasteiger charge is -2.08. The smallest absolute Gasteiger partial charge is 0.123 e. The molecule has 0 amide bonds. The number of hydrogen-bond donors (Lipinski definition) is 1. The van der Waals surface area contributed by atoms with Crippen molar-refractivity contribution in [2.24, 2.45) is 10.2 Å². The fourth-order valence-electron chi connectivity index (χ4n) is 2.26. The van der Waals surface area contributed by atoms with Crippen molar-refractivity contribution in [2.75, 3.05) is 0 Å². The summed E-state index contributed by atoms with van der Waals surface area (Å²) in [6.45, 7) is 2.01. The molecule has 0 heterocycles. The number of para-hydroxylation sites is 1. The van der Waals surface area contributed by atoms with Crippen LogP contribution in [0.2, 0.25) is 0 Å². The van der Waals surface area contributed by atoms with Gasteiger partial charge in [0.05, 0.1) is 11.4 Å². The number of phenols is 1. The number of rotatable bonds is 3. The monoisotopic (exact) mass is 288 g/mol. The Hall–Kier alpha value is -2.94. The maximum Gasteiger partial charge on any atom is 0.123 e. The quantitative estimate of drug-likeness (QED) is 0.610. The van der Waals surface area contributed by atoms with E-state index in [1.165, 1.54) is 0 Å². The van der Waals surface area contributed by atoms with Crippen LogP contribution in [0.25, 0.3) is 11.1 Å². The van der Waals surface area contributed by atoms with Gasteiger partial charge < -0.3 is 5.11 Å². The molecule has 0 saturated carbocycles. The van der Waals surface area contributed by atoms with E-state index in [2.05, 4.69) is 10.2 Å². The van der Waals surface area contributed by atoms with E-state index in [1.807, 2.05) is 67.6 Å². The predicted molar refractivity (Wildman–Crippen MR) is 88.9 cm³/mol. The molecule has 0 fully saturated rings. The van der Waals surface area contributed by atoms with Crippen LogP contribution >= 0.6 is 0 Å². The molecule has 0 saturated heterocycles. The molecule has 108 valence electrons. The number of azo groups is 1. The molecule has 0 unspecified atom stereocenters. The third-order valence-corrected chi connectivity index (χ3v) is 3.38. The summed E-state index contributed by atoms with van der Waals surface area (Å²) in [4.78, 5) is 0. The lowest BCUT2D eigenvalue weighted by atomic mass is 10.0. The van der Waals surface area contributed by atoms with Gasteiger partial charge >= 0.3 is 0 Å². The Morgan fingerprint density at radius 2 is 1.45 bits per heavy atom. The Kier molecular flexibility index (Phi) is 3.97. The second-order valence-electron chi connectivity index (χ2n) is 5.07. The van der Waals surface area contributed by atoms with Crippen LogP contribution < -0.4 is 0 Å². The standard InChI is InChI=1S/C19H16N2O/c1-14-11-12-16(17-9-5-6-10-19(17)22)18(13-14)21-20-15-7-3-2-4-8-15/h2-13,22H,1H3. The van der Waals surface area contributed by atoms with Crippen molar-refractivity contribution < 1.29 is 5.11 Å². The molecule has 3 rings (SSSR count). The molecule has 0 radical (unpaired) electrons. The van der Waals surface area contributed by atoms with Crippen molar-refractivity contribution in [1.82, 2.24) is 0 Å². The number of nitrogens with zero attached hydrogens (tertiary/aromatic N) is 2. The molecule has 3 nitrogen and oxygen atoms in total. The highest BCUT2D eigenvalue weighted by Gasteiger charge is 2.09. The first-order valence-corrected chi connectivity index (χ1v) is 7.10. The summed E-state index contributed by atoms with van der Waals surface area (Å²) < 4.78 is 0. The van der Waals surface area contributed by atoms with E-state index in [-0.39, 0.29) is 5.75 Å². The first-order valence-electron chi connectivity index (χ1n) is 7.10. The average molecular weight is 288 g/mol. The molecule has 0 aromatic heterocycles. The van der Waals surface area contributed by atoms with Gasteiger partial charge in [0.2, 0.25) is 0 Å². The molecule has 3 heteroatoms. The largest absolute Gasteiger partial charge is 0.507 e. The van der Waals surface area contributed by atoms with Gasteiger partial charge in [-0.15, -0.1) is 5.11 Å².